The fourth-order valence-electron chi connectivity index (χ4n) is 2.07. The summed E-state index contributed by atoms with van der Waals surface area (Å²) in [4.78, 5) is 11.8. The van der Waals surface area contributed by atoms with E-state index in [1.54, 1.807) is 9.13 Å². The third-order valence-electron chi connectivity index (χ3n) is 3.48. The highest BCUT2D eigenvalue weighted by Gasteiger charge is 2.10. The normalized spacial score (nSPS) is 13.2. The molecule has 3 heteroatoms. The predicted octanol–water partition coefficient (Wildman–Crippen LogP) is 2.39. The summed E-state index contributed by atoms with van der Waals surface area (Å²) in [5, 5.41) is 0. The monoisotopic (exact) mass is 218 g/mol. The summed E-state index contributed by atoms with van der Waals surface area (Å²) in [6, 6.07) is 6.29. The Morgan fingerprint density at radius 2 is 1.81 bits per heavy atom. The summed E-state index contributed by atoms with van der Waals surface area (Å²) in [5.74, 6) is 0.541. The van der Waals surface area contributed by atoms with Gasteiger partial charge in [-0.15, -0.1) is 0 Å². The topological polar surface area (TPSA) is 26.9 Å². The van der Waals surface area contributed by atoms with E-state index in [4.69, 9.17) is 0 Å². The van der Waals surface area contributed by atoms with Crippen LogP contribution in [0, 0.1) is 0 Å². The third-order valence-corrected chi connectivity index (χ3v) is 3.48. The Balaban J connectivity index is 2.71. The number of aromatic nitrogens is 2. The average Bonchev–Trinajstić information content (AvgIpc) is 2.53. The molecule has 0 N–H and O–H groups in total. The highest BCUT2D eigenvalue weighted by molar-refractivity contribution is 5.77. The maximum Gasteiger partial charge on any atom is 0.328 e. The van der Waals surface area contributed by atoms with E-state index < -0.39 is 0 Å². The SMILES string of the molecule is CCC(C)c1ccc2c(c1)n(C)c(=O)n2C. The summed E-state index contributed by atoms with van der Waals surface area (Å²) >= 11 is 0. The van der Waals surface area contributed by atoms with Crippen LogP contribution in [0.3, 0.4) is 0 Å². The van der Waals surface area contributed by atoms with Gasteiger partial charge in [0.1, 0.15) is 0 Å². The summed E-state index contributed by atoms with van der Waals surface area (Å²) in [7, 11) is 3.64. The summed E-state index contributed by atoms with van der Waals surface area (Å²) in [6.45, 7) is 4.39. The van der Waals surface area contributed by atoms with Crippen LogP contribution in [0.2, 0.25) is 0 Å². The Morgan fingerprint density at radius 1 is 1.19 bits per heavy atom. The van der Waals surface area contributed by atoms with E-state index in [-0.39, 0.29) is 5.69 Å². The number of fused-ring (bicyclic) bond motifs is 1. The van der Waals surface area contributed by atoms with E-state index in [0.717, 1.165) is 17.5 Å². The molecule has 86 valence electrons. The fourth-order valence-corrected chi connectivity index (χ4v) is 2.07. The van der Waals surface area contributed by atoms with Gasteiger partial charge in [-0.2, -0.15) is 0 Å². The molecule has 0 spiro atoms. The minimum absolute atomic E-state index is 0.0382. The Morgan fingerprint density at radius 3 is 2.44 bits per heavy atom. The first-order valence-electron chi connectivity index (χ1n) is 5.71. The zero-order valence-corrected chi connectivity index (χ0v) is 10.3. The molecule has 1 aromatic carbocycles. The predicted molar refractivity (Wildman–Crippen MR) is 66.9 cm³/mol. The van der Waals surface area contributed by atoms with Crippen LogP contribution in [0.4, 0.5) is 0 Å². The van der Waals surface area contributed by atoms with Crippen LogP contribution < -0.4 is 5.69 Å². The number of nitrogens with zero attached hydrogens (tertiary/aromatic N) is 2. The third kappa shape index (κ3) is 1.47. The molecule has 1 atom stereocenters. The van der Waals surface area contributed by atoms with Crippen molar-refractivity contribution >= 4 is 11.0 Å². The van der Waals surface area contributed by atoms with Crippen molar-refractivity contribution in [2.75, 3.05) is 0 Å². The lowest BCUT2D eigenvalue weighted by molar-refractivity contribution is 0.734. The number of benzene rings is 1. The molecule has 0 aliphatic carbocycles. The van der Waals surface area contributed by atoms with Gasteiger partial charge in [0.05, 0.1) is 11.0 Å². The molecule has 0 aliphatic heterocycles. The van der Waals surface area contributed by atoms with Crippen molar-refractivity contribution in [1.29, 1.82) is 0 Å². The zero-order chi connectivity index (χ0) is 11.9. The second-order valence-corrected chi connectivity index (χ2v) is 4.46. The van der Waals surface area contributed by atoms with E-state index in [9.17, 15) is 4.79 Å². The lowest BCUT2D eigenvalue weighted by Gasteiger charge is -2.09. The van der Waals surface area contributed by atoms with E-state index in [2.05, 4.69) is 26.0 Å². The minimum Gasteiger partial charge on any atom is -0.295 e. The van der Waals surface area contributed by atoms with Gasteiger partial charge in [0.15, 0.2) is 0 Å². The molecule has 0 saturated heterocycles. The molecule has 3 nitrogen and oxygen atoms in total. The maximum absolute atomic E-state index is 11.8. The molecular weight excluding hydrogens is 200 g/mol. The molecule has 0 fully saturated rings. The van der Waals surface area contributed by atoms with Crippen LogP contribution in [-0.4, -0.2) is 9.13 Å². The number of hydrogen-bond donors (Lipinski definition) is 0. The van der Waals surface area contributed by atoms with Crippen molar-refractivity contribution in [2.24, 2.45) is 14.1 Å². The molecule has 1 unspecified atom stereocenters. The van der Waals surface area contributed by atoms with E-state index >= 15 is 0 Å². The smallest absolute Gasteiger partial charge is 0.295 e. The Kier molecular flexibility index (Phi) is 2.62. The fraction of sp³-hybridized carbons (Fsp3) is 0.462. The molecule has 1 heterocycles. The first kappa shape index (κ1) is 11.0. The number of aryl methyl sites for hydroxylation is 2. The highest BCUT2D eigenvalue weighted by atomic mass is 16.1. The second kappa shape index (κ2) is 3.81. The first-order chi connectivity index (χ1) is 7.56. The van der Waals surface area contributed by atoms with Crippen molar-refractivity contribution in [3.8, 4) is 0 Å². The minimum atomic E-state index is 0.0382. The Bertz CT molecular complexity index is 577. The van der Waals surface area contributed by atoms with Crippen LogP contribution in [-0.2, 0) is 14.1 Å². The van der Waals surface area contributed by atoms with Gasteiger partial charge < -0.3 is 0 Å². The standard InChI is InChI=1S/C13H18N2O/c1-5-9(2)10-6-7-11-12(8-10)15(4)13(16)14(11)3/h6-9H,5H2,1-4H3. The van der Waals surface area contributed by atoms with Gasteiger partial charge >= 0.3 is 5.69 Å². The van der Waals surface area contributed by atoms with Crippen molar-refractivity contribution in [1.82, 2.24) is 9.13 Å². The molecule has 0 bridgehead atoms. The maximum atomic E-state index is 11.8. The zero-order valence-electron chi connectivity index (χ0n) is 10.3. The first-order valence-corrected chi connectivity index (χ1v) is 5.71. The van der Waals surface area contributed by atoms with Gasteiger partial charge in [0.2, 0.25) is 0 Å². The summed E-state index contributed by atoms with van der Waals surface area (Å²) in [5.41, 5.74) is 3.36. The van der Waals surface area contributed by atoms with Crippen LogP contribution >= 0.6 is 0 Å². The molecular formula is C13H18N2O. The number of rotatable bonds is 2. The van der Waals surface area contributed by atoms with Crippen molar-refractivity contribution in [3.05, 3.63) is 34.2 Å². The lowest BCUT2D eigenvalue weighted by atomic mass is 9.98. The molecule has 1 aromatic heterocycles. The molecule has 2 rings (SSSR count). The molecule has 0 amide bonds. The van der Waals surface area contributed by atoms with Crippen molar-refractivity contribution in [2.45, 2.75) is 26.2 Å². The lowest BCUT2D eigenvalue weighted by Crippen LogP contribution is -2.19. The largest absolute Gasteiger partial charge is 0.328 e. The van der Waals surface area contributed by atoms with Crippen molar-refractivity contribution in [3.63, 3.8) is 0 Å². The van der Waals surface area contributed by atoms with Crippen LogP contribution in [0.15, 0.2) is 23.0 Å². The quantitative estimate of drug-likeness (QED) is 0.760. The Hall–Kier alpha value is -1.51. The molecule has 0 aliphatic rings. The van der Waals surface area contributed by atoms with Gasteiger partial charge in [-0.1, -0.05) is 19.9 Å². The van der Waals surface area contributed by atoms with Gasteiger partial charge in [-0.05, 0) is 30.0 Å². The van der Waals surface area contributed by atoms with Gasteiger partial charge in [-0.25, -0.2) is 4.79 Å². The van der Waals surface area contributed by atoms with Crippen LogP contribution in [0.1, 0.15) is 31.7 Å². The average molecular weight is 218 g/mol. The van der Waals surface area contributed by atoms with E-state index in [0.29, 0.717) is 5.92 Å². The summed E-state index contributed by atoms with van der Waals surface area (Å²) in [6.07, 6.45) is 1.12. The molecule has 0 saturated carbocycles. The number of imidazole rings is 1. The van der Waals surface area contributed by atoms with E-state index in [1.807, 2.05) is 20.2 Å². The molecule has 0 radical (unpaired) electrons. The summed E-state index contributed by atoms with van der Waals surface area (Å²) < 4.78 is 3.40. The van der Waals surface area contributed by atoms with Gasteiger partial charge in [-0.3, -0.25) is 9.13 Å². The molecule has 16 heavy (non-hydrogen) atoms. The van der Waals surface area contributed by atoms with Crippen LogP contribution in [0.25, 0.3) is 11.0 Å². The van der Waals surface area contributed by atoms with Gasteiger partial charge in [0.25, 0.3) is 0 Å². The highest BCUT2D eigenvalue weighted by Crippen LogP contribution is 2.22. The van der Waals surface area contributed by atoms with Gasteiger partial charge in [0, 0.05) is 14.1 Å². The number of hydrogen-bond acceptors (Lipinski definition) is 1. The van der Waals surface area contributed by atoms with Crippen molar-refractivity contribution < 1.29 is 0 Å². The van der Waals surface area contributed by atoms with E-state index in [1.165, 1.54) is 5.56 Å². The molecule has 2 aromatic rings. The van der Waals surface area contributed by atoms with Crippen LogP contribution in [0.5, 0.6) is 0 Å². The second-order valence-electron chi connectivity index (χ2n) is 4.46. The Labute approximate surface area is 95.3 Å².